The molecule has 0 radical (unpaired) electrons. The van der Waals surface area contributed by atoms with E-state index in [1.54, 1.807) is 29.2 Å². The maximum absolute atomic E-state index is 12.3. The lowest BCUT2D eigenvalue weighted by Crippen LogP contribution is -2.50. The van der Waals surface area contributed by atoms with Gasteiger partial charge in [-0.15, -0.1) is 0 Å². The first-order valence-electron chi connectivity index (χ1n) is 8.09. The molecular formula is C17H24F2N2O3. The van der Waals surface area contributed by atoms with Crippen LogP contribution in [0, 0.1) is 0 Å². The predicted molar refractivity (Wildman–Crippen MR) is 86.8 cm³/mol. The zero-order valence-corrected chi connectivity index (χ0v) is 13.8. The Morgan fingerprint density at radius 2 is 1.83 bits per heavy atom. The van der Waals surface area contributed by atoms with Gasteiger partial charge in [0.05, 0.1) is 6.54 Å². The third-order valence-electron chi connectivity index (χ3n) is 4.01. The molecule has 24 heavy (non-hydrogen) atoms. The lowest BCUT2D eigenvalue weighted by atomic mass is 10.1. The predicted octanol–water partition coefficient (Wildman–Crippen LogP) is 1.51. The summed E-state index contributed by atoms with van der Waals surface area (Å²) in [6, 6.07) is 6.84. The first-order chi connectivity index (χ1) is 11.4. The Morgan fingerprint density at radius 3 is 2.42 bits per heavy atom. The zero-order valence-electron chi connectivity index (χ0n) is 13.8. The lowest BCUT2D eigenvalue weighted by molar-refractivity contribution is 0.0270. The van der Waals surface area contributed by atoms with E-state index < -0.39 is 12.5 Å². The Hall–Kier alpha value is -1.57. The number of aliphatic hydroxyl groups excluding tert-OH is 1. The Labute approximate surface area is 140 Å². The van der Waals surface area contributed by atoms with Crippen molar-refractivity contribution >= 4 is 5.78 Å². The van der Waals surface area contributed by atoms with E-state index in [2.05, 4.69) is 0 Å². The fourth-order valence-electron chi connectivity index (χ4n) is 2.70. The highest BCUT2D eigenvalue weighted by Crippen LogP contribution is 2.14. The summed E-state index contributed by atoms with van der Waals surface area (Å²) in [7, 11) is 0. The van der Waals surface area contributed by atoms with E-state index in [0.717, 1.165) is 0 Å². The van der Waals surface area contributed by atoms with Crippen LogP contribution in [0.2, 0.25) is 0 Å². The SMILES string of the molecule is CC(=O)c1cccc(OCC(O)CN2CCN(CC(F)F)CC2)c1. The fraction of sp³-hybridized carbons (Fsp3) is 0.588. The molecule has 1 saturated heterocycles. The van der Waals surface area contributed by atoms with Crippen molar-refractivity contribution in [3.63, 3.8) is 0 Å². The normalized spacial score (nSPS) is 17.9. The van der Waals surface area contributed by atoms with Gasteiger partial charge in [0.25, 0.3) is 6.43 Å². The lowest BCUT2D eigenvalue weighted by Gasteiger charge is -2.35. The summed E-state index contributed by atoms with van der Waals surface area (Å²) in [6.45, 7) is 4.34. The smallest absolute Gasteiger partial charge is 0.251 e. The second-order valence-electron chi connectivity index (χ2n) is 6.04. The molecule has 1 aromatic rings. The molecule has 0 aromatic heterocycles. The first-order valence-corrected chi connectivity index (χ1v) is 8.09. The summed E-state index contributed by atoms with van der Waals surface area (Å²) >= 11 is 0. The molecule has 0 amide bonds. The monoisotopic (exact) mass is 342 g/mol. The molecule has 1 atom stereocenters. The molecule has 1 aliphatic heterocycles. The molecule has 7 heteroatoms. The van der Waals surface area contributed by atoms with Crippen molar-refractivity contribution in [2.75, 3.05) is 45.9 Å². The number of alkyl halides is 2. The van der Waals surface area contributed by atoms with Crippen molar-refractivity contribution in [1.82, 2.24) is 9.80 Å². The van der Waals surface area contributed by atoms with Crippen LogP contribution in [0.4, 0.5) is 8.78 Å². The van der Waals surface area contributed by atoms with Crippen LogP contribution in [0.15, 0.2) is 24.3 Å². The van der Waals surface area contributed by atoms with Crippen LogP contribution in [0.25, 0.3) is 0 Å². The number of piperazine rings is 1. The minimum Gasteiger partial charge on any atom is -0.491 e. The van der Waals surface area contributed by atoms with E-state index in [0.29, 0.717) is 44.0 Å². The van der Waals surface area contributed by atoms with Crippen LogP contribution in [0.3, 0.4) is 0 Å². The second kappa shape index (κ2) is 9.05. The van der Waals surface area contributed by atoms with E-state index in [1.165, 1.54) is 6.92 Å². The van der Waals surface area contributed by atoms with Crippen molar-refractivity contribution in [2.24, 2.45) is 0 Å². The summed E-state index contributed by atoms with van der Waals surface area (Å²) in [4.78, 5) is 15.1. The van der Waals surface area contributed by atoms with Gasteiger partial charge in [0.2, 0.25) is 0 Å². The van der Waals surface area contributed by atoms with E-state index in [4.69, 9.17) is 4.74 Å². The Balaban J connectivity index is 1.71. The van der Waals surface area contributed by atoms with Gasteiger partial charge in [0, 0.05) is 38.3 Å². The summed E-state index contributed by atoms with van der Waals surface area (Å²) < 4.78 is 30.2. The third kappa shape index (κ3) is 6.14. The number of nitrogens with zero attached hydrogens (tertiary/aromatic N) is 2. The fourth-order valence-corrected chi connectivity index (χ4v) is 2.70. The Kier molecular flexibility index (Phi) is 7.08. The van der Waals surface area contributed by atoms with Crippen LogP contribution in [-0.2, 0) is 0 Å². The summed E-state index contributed by atoms with van der Waals surface area (Å²) in [5.74, 6) is 0.506. The summed E-state index contributed by atoms with van der Waals surface area (Å²) in [5, 5.41) is 10.1. The largest absolute Gasteiger partial charge is 0.491 e. The van der Waals surface area contributed by atoms with Crippen molar-refractivity contribution < 1.29 is 23.4 Å². The standard InChI is InChI=1S/C17H24F2N2O3/c1-13(22)14-3-2-4-16(9-14)24-12-15(23)10-20-5-7-21(8-6-20)11-17(18)19/h2-4,9,15,17,23H,5-8,10-12H2,1H3. The number of ether oxygens (including phenoxy) is 1. The molecule has 134 valence electrons. The number of ketones is 1. The van der Waals surface area contributed by atoms with Gasteiger partial charge in [-0.05, 0) is 19.1 Å². The molecule has 1 aromatic carbocycles. The quantitative estimate of drug-likeness (QED) is 0.726. The number of carbonyl (C=O) groups is 1. The minimum absolute atomic E-state index is 0.0392. The van der Waals surface area contributed by atoms with Gasteiger partial charge in [-0.3, -0.25) is 14.6 Å². The van der Waals surface area contributed by atoms with Gasteiger partial charge < -0.3 is 9.84 Å². The van der Waals surface area contributed by atoms with Crippen molar-refractivity contribution in [1.29, 1.82) is 0 Å². The van der Waals surface area contributed by atoms with E-state index >= 15 is 0 Å². The number of halogens is 2. The highest BCUT2D eigenvalue weighted by atomic mass is 19.3. The van der Waals surface area contributed by atoms with Gasteiger partial charge in [-0.25, -0.2) is 8.78 Å². The van der Waals surface area contributed by atoms with Crippen LogP contribution in [-0.4, -0.2) is 79.1 Å². The average molecular weight is 342 g/mol. The number of aliphatic hydroxyl groups is 1. The topological polar surface area (TPSA) is 53.0 Å². The van der Waals surface area contributed by atoms with Crippen LogP contribution < -0.4 is 4.74 Å². The molecular weight excluding hydrogens is 318 g/mol. The van der Waals surface area contributed by atoms with Crippen molar-refractivity contribution in [3.8, 4) is 5.75 Å². The molecule has 1 fully saturated rings. The molecule has 1 unspecified atom stereocenters. The number of benzene rings is 1. The van der Waals surface area contributed by atoms with Crippen molar-refractivity contribution in [2.45, 2.75) is 19.5 Å². The van der Waals surface area contributed by atoms with Gasteiger partial charge in [0.1, 0.15) is 18.5 Å². The maximum Gasteiger partial charge on any atom is 0.251 e. The van der Waals surface area contributed by atoms with Gasteiger partial charge in [0.15, 0.2) is 5.78 Å². The number of β-amino-alcohol motifs (C(OH)–C–C–N with tert-alkyl or cyclic N) is 1. The van der Waals surface area contributed by atoms with E-state index in [9.17, 15) is 18.7 Å². The minimum atomic E-state index is -2.30. The number of carbonyl (C=O) groups excluding carboxylic acids is 1. The highest BCUT2D eigenvalue weighted by Gasteiger charge is 2.21. The number of rotatable bonds is 8. The van der Waals surface area contributed by atoms with Crippen molar-refractivity contribution in [3.05, 3.63) is 29.8 Å². The third-order valence-corrected chi connectivity index (χ3v) is 4.01. The summed E-state index contributed by atoms with van der Waals surface area (Å²) in [5.41, 5.74) is 0.567. The molecule has 0 bridgehead atoms. The summed E-state index contributed by atoms with van der Waals surface area (Å²) in [6.07, 6.45) is -2.98. The van der Waals surface area contributed by atoms with Gasteiger partial charge in [-0.1, -0.05) is 12.1 Å². The average Bonchev–Trinajstić information content (AvgIpc) is 2.54. The maximum atomic E-state index is 12.3. The second-order valence-corrected chi connectivity index (χ2v) is 6.04. The van der Waals surface area contributed by atoms with Crippen LogP contribution >= 0.6 is 0 Å². The van der Waals surface area contributed by atoms with Gasteiger partial charge >= 0.3 is 0 Å². The zero-order chi connectivity index (χ0) is 17.5. The Bertz CT molecular complexity index is 534. The molecule has 1 aliphatic rings. The Morgan fingerprint density at radius 1 is 1.21 bits per heavy atom. The molecule has 0 saturated carbocycles. The molecule has 0 aliphatic carbocycles. The van der Waals surface area contributed by atoms with Gasteiger partial charge in [-0.2, -0.15) is 0 Å². The van der Waals surface area contributed by atoms with E-state index in [-0.39, 0.29) is 18.9 Å². The van der Waals surface area contributed by atoms with Crippen LogP contribution in [0.5, 0.6) is 5.75 Å². The first kappa shape index (κ1) is 18.8. The highest BCUT2D eigenvalue weighted by molar-refractivity contribution is 5.94. The number of hydrogen-bond donors (Lipinski definition) is 1. The molecule has 0 spiro atoms. The molecule has 1 heterocycles. The number of hydrogen-bond acceptors (Lipinski definition) is 5. The van der Waals surface area contributed by atoms with Crippen LogP contribution in [0.1, 0.15) is 17.3 Å². The molecule has 1 N–H and O–H groups in total. The number of Topliss-reactive ketones (excluding diaryl/α,β-unsaturated/α-hetero) is 1. The van der Waals surface area contributed by atoms with E-state index in [1.807, 2.05) is 4.90 Å². The molecule has 5 nitrogen and oxygen atoms in total. The molecule has 2 rings (SSSR count).